The van der Waals surface area contributed by atoms with Gasteiger partial charge in [0.1, 0.15) is 5.75 Å². The van der Waals surface area contributed by atoms with Crippen LogP contribution in [0.15, 0.2) is 17.7 Å². The van der Waals surface area contributed by atoms with E-state index in [1.54, 1.807) is 6.07 Å². The topological polar surface area (TPSA) is 46.5 Å². The van der Waals surface area contributed by atoms with Gasteiger partial charge in [0.15, 0.2) is 0 Å². The highest BCUT2D eigenvalue weighted by Gasteiger charge is 2.62. The number of carboxylic acids is 1. The Morgan fingerprint density at radius 2 is 2.00 bits per heavy atom. The lowest BCUT2D eigenvalue weighted by Crippen LogP contribution is -2.54. The maximum atomic E-state index is 13.5. The van der Waals surface area contributed by atoms with Gasteiger partial charge < -0.3 is 9.84 Å². The number of ether oxygens (including phenoxy) is 1. The van der Waals surface area contributed by atoms with Crippen molar-refractivity contribution in [3.05, 3.63) is 33.9 Å². The summed E-state index contributed by atoms with van der Waals surface area (Å²) in [5, 5.41) is 9.25. The second-order valence-corrected chi connectivity index (χ2v) is 5.40. The van der Waals surface area contributed by atoms with Crippen molar-refractivity contribution >= 4 is 23.6 Å². The molecular weight excluding hydrogens is 321 g/mol. The van der Waals surface area contributed by atoms with Gasteiger partial charge in [-0.2, -0.15) is 13.2 Å². The number of hydrogen-bond donors (Lipinski definition) is 1. The van der Waals surface area contributed by atoms with Crippen LogP contribution in [0.5, 0.6) is 5.75 Å². The molecule has 2 rings (SSSR count). The molecule has 1 atom stereocenters. The summed E-state index contributed by atoms with van der Waals surface area (Å²) in [6, 6.07) is 3.11. The number of benzene rings is 1. The molecule has 1 aromatic carbocycles. The van der Waals surface area contributed by atoms with Crippen molar-refractivity contribution in [3.8, 4) is 5.75 Å². The van der Waals surface area contributed by atoms with E-state index in [9.17, 15) is 23.1 Å². The molecule has 1 aromatic rings. The van der Waals surface area contributed by atoms with Crippen LogP contribution in [0.25, 0.3) is 6.08 Å². The molecule has 0 radical (unpaired) electrons. The average molecular weight is 335 g/mol. The second kappa shape index (κ2) is 5.50. The Balaban J connectivity index is 2.74. The molecule has 1 aliphatic rings. The predicted octanol–water partition coefficient (Wildman–Crippen LogP) is 4.47. The maximum Gasteiger partial charge on any atom is 0.432 e. The molecule has 1 aliphatic heterocycles. The molecule has 120 valence electrons. The summed E-state index contributed by atoms with van der Waals surface area (Å²) in [6.45, 7) is 3.08. The van der Waals surface area contributed by atoms with E-state index in [4.69, 9.17) is 16.3 Å². The number of halogens is 4. The SMILES string of the molecule is CCc1cc(Cl)c2c(c1)C=C(C(=O)O)C(CC)(C(F)(F)F)O2. The van der Waals surface area contributed by atoms with Gasteiger partial charge in [0.2, 0.25) is 5.60 Å². The maximum absolute atomic E-state index is 13.5. The van der Waals surface area contributed by atoms with Crippen LogP contribution >= 0.6 is 11.6 Å². The molecule has 0 saturated carbocycles. The van der Waals surface area contributed by atoms with E-state index >= 15 is 0 Å². The fourth-order valence-corrected chi connectivity index (χ4v) is 2.79. The first-order valence-corrected chi connectivity index (χ1v) is 7.07. The van der Waals surface area contributed by atoms with Crippen molar-refractivity contribution in [1.29, 1.82) is 0 Å². The van der Waals surface area contributed by atoms with Crippen LogP contribution < -0.4 is 4.74 Å². The fraction of sp³-hybridized carbons (Fsp3) is 0.400. The zero-order chi connectivity index (χ0) is 16.7. The Kier molecular flexibility index (Phi) is 4.17. The largest absolute Gasteiger partial charge is 0.478 e. The highest BCUT2D eigenvalue weighted by molar-refractivity contribution is 6.32. The summed E-state index contributed by atoms with van der Waals surface area (Å²) < 4.78 is 45.6. The van der Waals surface area contributed by atoms with Gasteiger partial charge in [0.25, 0.3) is 0 Å². The van der Waals surface area contributed by atoms with Gasteiger partial charge in [0.05, 0.1) is 10.6 Å². The summed E-state index contributed by atoms with van der Waals surface area (Å²) >= 11 is 6.02. The number of fused-ring (bicyclic) bond motifs is 1. The Morgan fingerprint density at radius 1 is 1.36 bits per heavy atom. The molecule has 3 nitrogen and oxygen atoms in total. The molecular formula is C15H14ClF3O3. The van der Waals surface area contributed by atoms with Crippen molar-refractivity contribution in [3.63, 3.8) is 0 Å². The van der Waals surface area contributed by atoms with Crippen LogP contribution in [-0.2, 0) is 11.2 Å². The minimum Gasteiger partial charge on any atom is -0.478 e. The average Bonchev–Trinajstić information content (AvgIpc) is 2.44. The third-order valence-electron chi connectivity index (χ3n) is 3.74. The molecule has 0 bridgehead atoms. The number of alkyl halides is 3. The summed E-state index contributed by atoms with van der Waals surface area (Å²) in [7, 11) is 0. The minimum atomic E-state index is -4.88. The highest BCUT2D eigenvalue weighted by Crippen LogP contribution is 2.49. The first-order valence-electron chi connectivity index (χ1n) is 6.70. The number of aliphatic carboxylic acids is 1. The third-order valence-corrected chi connectivity index (χ3v) is 4.02. The van der Waals surface area contributed by atoms with Crippen molar-refractivity contribution in [2.45, 2.75) is 38.5 Å². The summed E-state index contributed by atoms with van der Waals surface area (Å²) in [5.74, 6) is -1.80. The molecule has 0 fully saturated rings. The minimum absolute atomic E-state index is 0.0390. The van der Waals surface area contributed by atoms with Crippen LogP contribution in [0.2, 0.25) is 5.02 Å². The van der Waals surface area contributed by atoms with E-state index < -0.39 is 29.7 Å². The summed E-state index contributed by atoms with van der Waals surface area (Å²) in [6.07, 6.45) is -3.83. The lowest BCUT2D eigenvalue weighted by atomic mass is 9.85. The lowest BCUT2D eigenvalue weighted by molar-refractivity contribution is -0.236. The molecule has 0 spiro atoms. The number of hydrogen-bond acceptors (Lipinski definition) is 2. The van der Waals surface area contributed by atoms with E-state index in [-0.39, 0.29) is 16.3 Å². The van der Waals surface area contributed by atoms with Gasteiger partial charge in [-0.25, -0.2) is 4.79 Å². The Morgan fingerprint density at radius 3 is 2.45 bits per heavy atom. The van der Waals surface area contributed by atoms with Gasteiger partial charge in [-0.3, -0.25) is 0 Å². The van der Waals surface area contributed by atoms with Crippen molar-refractivity contribution in [1.82, 2.24) is 0 Å². The summed E-state index contributed by atoms with van der Waals surface area (Å²) in [4.78, 5) is 11.3. The molecule has 0 saturated heterocycles. The van der Waals surface area contributed by atoms with E-state index in [0.717, 1.165) is 11.6 Å². The van der Waals surface area contributed by atoms with Crippen LogP contribution in [0.3, 0.4) is 0 Å². The first-order chi connectivity index (χ1) is 10.2. The molecule has 0 aromatic heterocycles. The molecule has 22 heavy (non-hydrogen) atoms. The van der Waals surface area contributed by atoms with Crippen molar-refractivity contribution in [2.75, 3.05) is 0 Å². The standard InChI is InChI=1S/C15H14ClF3O3/c1-3-8-5-9-7-10(13(20)21)14(4-2,15(17,18)19)22-12(9)11(16)6-8/h5-7H,3-4H2,1-2H3,(H,20,21). The Hall–Kier alpha value is -1.69. The third kappa shape index (κ3) is 2.45. The molecule has 0 amide bonds. The van der Waals surface area contributed by atoms with Crippen molar-refractivity contribution in [2.24, 2.45) is 0 Å². The van der Waals surface area contributed by atoms with Gasteiger partial charge in [-0.1, -0.05) is 25.4 Å². The van der Waals surface area contributed by atoms with Crippen LogP contribution in [-0.4, -0.2) is 22.9 Å². The zero-order valence-corrected chi connectivity index (χ0v) is 12.7. The van der Waals surface area contributed by atoms with Gasteiger partial charge in [-0.15, -0.1) is 0 Å². The van der Waals surface area contributed by atoms with E-state index in [2.05, 4.69) is 0 Å². The normalized spacial score (nSPS) is 20.9. The highest BCUT2D eigenvalue weighted by atomic mass is 35.5. The van der Waals surface area contributed by atoms with Gasteiger partial charge >= 0.3 is 12.1 Å². The Bertz CT molecular complexity index is 652. The molecule has 1 unspecified atom stereocenters. The lowest BCUT2D eigenvalue weighted by Gasteiger charge is -2.39. The smallest absolute Gasteiger partial charge is 0.432 e. The monoisotopic (exact) mass is 334 g/mol. The number of rotatable bonds is 3. The molecule has 1 heterocycles. The summed E-state index contributed by atoms with van der Waals surface area (Å²) in [5.41, 5.74) is -2.71. The number of carboxylic acid groups (broad SMARTS) is 1. The van der Waals surface area contributed by atoms with E-state index in [1.165, 1.54) is 13.0 Å². The number of aryl methyl sites for hydroxylation is 1. The zero-order valence-electron chi connectivity index (χ0n) is 11.9. The fourth-order valence-electron chi connectivity index (χ4n) is 2.50. The molecule has 7 heteroatoms. The van der Waals surface area contributed by atoms with Gasteiger partial charge in [-0.05, 0) is 36.6 Å². The Labute approximate surface area is 130 Å². The van der Waals surface area contributed by atoms with Crippen LogP contribution in [0.4, 0.5) is 13.2 Å². The van der Waals surface area contributed by atoms with E-state index in [0.29, 0.717) is 6.42 Å². The van der Waals surface area contributed by atoms with E-state index in [1.807, 2.05) is 6.92 Å². The first kappa shape index (κ1) is 16.7. The van der Waals surface area contributed by atoms with Crippen molar-refractivity contribution < 1.29 is 27.8 Å². The predicted molar refractivity (Wildman–Crippen MR) is 76.1 cm³/mol. The quantitative estimate of drug-likeness (QED) is 0.887. The number of carbonyl (C=O) groups is 1. The molecule has 1 N–H and O–H groups in total. The van der Waals surface area contributed by atoms with Gasteiger partial charge in [0, 0.05) is 5.56 Å². The molecule has 0 aliphatic carbocycles. The second-order valence-electron chi connectivity index (χ2n) is 4.99. The van der Waals surface area contributed by atoms with Crippen LogP contribution in [0, 0.1) is 0 Å². The van der Waals surface area contributed by atoms with Crippen LogP contribution in [0.1, 0.15) is 31.4 Å².